The summed E-state index contributed by atoms with van der Waals surface area (Å²) in [5, 5.41) is 20.2. The minimum Gasteiger partial charge on any atom is -0.389 e. The van der Waals surface area contributed by atoms with E-state index in [1.54, 1.807) is 6.08 Å². The fourth-order valence-corrected chi connectivity index (χ4v) is 7.25. The summed E-state index contributed by atoms with van der Waals surface area (Å²) >= 11 is 0. The first-order chi connectivity index (χ1) is 11.8. The lowest BCUT2D eigenvalue weighted by molar-refractivity contribution is -0.134. The molecule has 0 aliphatic heterocycles. The lowest BCUT2D eigenvalue weighted by Gasteiger charge is -2.59. The Morgan fingerprint density at radius 3 is 2.68 bits per heavy atom. The van der Waals surface area contributed by atoms with Crippen LogP contribution in [0.3, 0.4) is 0 Å². The molecule has 0 amide bonds. The van der Waals surface area contributed by atoms with E-state index in [9.17, 15) is 19.8 Å². The average molecular weight is 346 g/mol. The van der Waals surface area contributed by atoms with Gasteiger partial charge in [0.05, 0.1) is 6.10 Å². The van der Waals surface area contributed by atoms with Crippen molar-refractivity contribution in [3.8, 4) is 0 Å². The quantitative estimate of drug-likeness (QED) is 0.806. The third-order valence-electron chi connectivity index (χ3n) is 8.52. The molecule has 4 aliphatic rings. The van der Waals surface area contributed by atoms with Crippen molar-refractivity contribution in [2.24, 2.45) is 34.5 Å². The van der Waals surface area contributed by atoms with Crippen molar-refractivity contribution < 1.29 is 19.8 Å². The molecule has 4 aliphatic carbocycles. The van der Waals surface area contributed by atoms with E-state index in [4.69, 9.17) is 0 Å². The highest BCUT2D eigenvalue weighted by Crippen LogP contribution is 2.66. The molecule has 4 nitrogen and oxygen atoms in total. The summed E-state index contributed by atoms with van der Waals surface area (Å²) in [6, 6.07) is 0. The normalized spacial score (nSPS) is 49.0. The third kappa shape index (κ3) is 2.33. The van der Waals surface area contributed by atoms with Crippen LogP contribution in [0.1, 0.15) is 58.8 Å². The molecule has 138 valence electrons. The highest BCUT2D eigenvalue weighted by Gasteiger charge is 2.61. The number of aliphatic hydroxyl groups is 2. The fraction of sp³-hybridized carbons (Fsp3) is 0.810. The first-order valence-corrected chi connectivity index (χ1v) is 9.88. The minimum atomic E-state index is -0.523. The van der Waals surface area contributed by atoms with Gasteiger partial charge in [-0.3, -0.25) is 9.59 Å². The Balaban J connectivity index is 1.68. The Bertz CT molecular complexity index is 638. The minimum absolute atomic E-state index is 0.00475. The van der Waals surface area contributed by atoms with Crippen LogP contribution >= 0.6 is 0 Å². The van der Waals surface area contributed by atoms with Crippen LogP contribution in [0, 0.1) is 34.5 Å². The van der Waals surface area contributed by atoms with E-state index in [-0.39, 0.29) is 34.9 Å². The molecule has 0 aromatic rings. The molecule has 0 radical (unpaired) electrons. The highest BCUT2D eigenvalue weighted by atomic mass is 16.3. The van der Waals surface area contributed by atoms with Crippen molar-refractivity contribution >= 4 is 11.6 Å². The van der Waals surface area contributed by atoms with E-state index in [0.29, 0.717) is 24.2 Å². The number of aliphatic hydroxyl groups excluding tert-OH is 2. The van der Waals surface area contributed by atoms with Gasteiger partial charge in [0.1, 0.15) is 6.61 Å². The largest absolute Gasteiger partial charge is 0.389 e. The van der Waals surface area contributed by atoms with Crippen LogP contribution < -0.4 is 0 Å². The molecular formula is C21H30O4. The van der Waals surface area contributed by atoms with Gasteiger partial charge in [0.2, 0.25) is 0 Å². The van der Waals surface area contributed by atoms with Crippen molar-refractivity contribution in [3.63, 3.8) is 0 Å². The molecule has 4 rings (SSSR count). The van der Waals surface area contributed by atoms with Gasteiger partial charge in [-0.15, -0.1) is 0 Å². The molecule has 4 heteroatoms. The van der Waals surface area contributed by atoms with Gasteiger partial charge in [-0.25, -0.2) is 0 Å². The number of rotatable bonds is 2. The van der Waals surface area contributed by atoms with E-state index >= 15 is 0 Å². The summed E-state index contributed by atoms with van der Waals surface area (Å²) in [4.78, 5) is 24.2. The van der Waals surface area contributed by atoms with Gasteiger partial charge in [0.25, 0.3) is 0 Å². The van der Waals surface area contributed by atoms with Gasteiger partial charge in [0, 0.05) is 12.3 Å². The summed E-state index contributed by atoms with van der Waals surface area (Å²) < 4.78 is 0. The second-order valence-electron chi connectivity index (χ2n) is 9.41. The topological polar surface area (TPSA) is 74.6 Å². The molecule has 0 spiro atoms. The zero-order valence-corrected chi connectivity index (χ0v) is 15.3. The maximum absolute atomic E-state index is 12.3. The predicted octanol–water partition coefficient (Wildman–Crippen LogP) is 2.67. The van der Waals surface area contributed by atoms with E-state index in [0.717, 1.165) is 44.1 Å². The summed E-state index contributed by atoms with van der Waals surface area (Å²) in [6.45, 7) is 4.14. The average Bonchev–Trinajstić information content (AvgIpc) is 2.93. The van der Waals surface area contributed by atoms with Crippen LogP contribution in [0.25, 0.3) is 0 Å². The van der Waals surface area contributed by atoms with Crippen molar-refractivity contribution in [2.75, 3.05) is 6.61 Å². The Morgan fingerprint density at radius 2 is 1.96 bits per heavy atom. The van der Waals surface area contributed by atoms with Gasteiger partial charge >= 0.3 is 0 Å². The molecule has 0 unspecified atom stereocenters. The van der Waals surface area contributed by atoms with E-state index in [2.05, 4.69) is 13.8 Å². The molecule has 7 atom stereocenters. The Labute approximate surface area is 149 Å². The summed E-state index contributed by atoms with van der Waals surface area (Å²) in [5.41, 5.74) is 0.856. The number of hydrogen-bond acceptors (Lipinski definition) is 4. The monoisotopic (exact) mass is 346 g/mol. The smallest absolute Gasteiger partial charge is 0.161 e. The number of ketones is 2. The SMILES string of the molecule is C[C@]12CC[C@H]3[C@@H](C[C@H](O)C4=CC(=O)CC[C@@]43C)[C@@H]1CC[C@@H]2C(=O)CO. The van der Waals surface area contributed by atoms with Crippen LogP contribution in [-0.2, 0) is 9.59 Å². The Hall–Kier alpha value is -1.00. The van der Waals surface area contributed by atoms with Gasteiger partial charge in [-0.05, 0) is 78.8 Å². The summed E-state index contributed by atoms with van der Waals surface area (Å²) in [6.07, 6.45) is 7.33. The van der Waals surface area contributed by atoms with Crippen molar-refractivity contribution in [3.05, 3.63) is 11.6 Å². The molecule has 0 heterocycles. The molecule has 0 aromatic heterocycles. The molecule has 3 fully saturated rings. The second-order valence-corrected chi connectivity index (χ2v) is 9.41. The van der Waals surface area contributed by atoms with E-state index in [1.165, 1.54) is 0 Å². The molecular weight excluding hydrogens is 316 g/mol. The third-order valence-corrected chi connectivity index (χ3v) is 8.52. The number of carbonyl (C=O) groups is 2. The zero-order chi connectivity index (χ0) is 18.0. The van der Waals surface area contributed by atoms with Crippen LogP contribution in [0.2, 0.25) is 0 Å². The molecule has 25 heavy (non-hydrogen) atoms. The number of hydrogen-bond donors (Lipinski definition) is 2. The maximum atomic E-state index is 12.3. The molecule has 2 N–H and O–H groups in total. The number of carbonyl (C=O) groups excluding carboxylic acids is 2. The standard InChI is InChI=1S/C21H30O4/c1-20-8-6-15-13(14(20)3-4-16(20)19(25)11-22)10-18(24)17-9-12(23)5-7-21(15,17)2/h9,13-16,18,22,24H,3-8,10-11H2,1-2H3/t13-,14-,15-,16+,18-,20-,21+/m0/s1. The van der Waals surface area contributed by atoms with E-state index in [1.807, 2.05) is 0 Å². The second kappa shape index (κ2) is 5.75. The Morgan fingerprint density at radius 1 is 1.20 bits per heavy atom. The van der Waals surface area contributed by atoms with Crippen LogP contribution in [-0.4, -0.2) is 34.5 Å². The zero-order valence-electron chi connectivity index (χ0n) is 15.3. The van der Waals surface area contributed by atoms with E-state index < -0.39 is 6.10 Å². The highest BCUT2D eigenvalue weighted by molar-refractivity contribution is 5.92. The number of Topliss-reactive ketones (excluding diaryl/α,β-unsaturated/α-hetero) is 1. The van der Waals surface area contributed by atoms with Crippen molar-refractivity contribution in [1.29, 1.82) is 0 Å². The fourth-order valence-electron chi connectivity index (χ4n) is 7.25. The first-order valence-electron chi connectivity index (χ1n) is 9.88. The summed E-state index contributed by atoms with van der Waals surface area (Å²) in [5.74, 6) is 1.47. The molecule has 0 bridgehead atoms. The van der Waals surface area contributed by atoms with Crippen molar-refractivity contribution in [2.45, 2.75) is 64.9 Å². The van der Waals surface area contributed by atoms with Crippen molar-refractivity contribution in [1.82, 2.24) is 0 Å². The molecule has 0 saturated heterocycles. The van der Waals surface area contributed by atoms with Crippen LogP contribution in [0.5, 0.6) is 0 Å². The predicted molar refractivity (Wildman–Crippen MR) is 93.7 cm³/mol. The molecule has 0 aromatic carbocycles. The van der Waals surface area contributed by atoms with Crippen LogP contribution in [0.15, 0.2) is 11.6 Å². The maximum Gasteiger partial charge on any atom is 0.161 e. The van der Waals surface area contributed by atoms with Gasteiger partial charge < -0.3 is 10.2 Å². The number of fused-ring (bicyclic) bond motifs is 5. The van der Waals surface area contributed by atoms with Gasteiger partial charge in [0.15, 0.2) is 11.6 Å². The van der Waals surface area contributed by atoms with Gasteiger partial charge in [-0.1, -0.05) is 13.8 Å². The Kier molecular flexibility index (Phi) is 4.01. The first kappa shape index (κ1) is 17.4. The summed E-state index contributed by atoms with van der Waals surface area (Å²) in [7, 11) is 0. The van der Waals surface area contributed by atoms with Gasteiger partial charge in [-0.2, -0.15) is 0 Å². The van der Waals surface area contributed by atoms with Crippen LogP contribution in [0.4, 0.5) is 0 Å². The lowest BCUT2D eigenvalue weighted by atomic mass is 9.46. The molecule has 3 saturated carbocycles. The lowest BCUT2D eigenvalue weighted by Crippen LogP contribution is -2.54.